The van der Waals surface area contributed by atoms with E-state index in [0.29, 0.717) is 25.6 Å². The number of carbonyl (C=O) groups is 2. The summed E-state index contributed by atoms with van der Waals surface area (Å²) in [5, 5.41) is 0. The van der Waals surface area contributed by atoms with Crippen LogP contribution in [0.2, 0.25) is 0 Å². The van der Waals surface area contributed by atoms with Crippen molar-refractivity contribution in [2.75, 3.05) is 33.4 Å². The van der Waals surface area contributed by atoms with Crippen LogP contribution in [0.5, 0.6) is 0 Å². The molecule has 0 bridgehead atoms. The van der Waals surface area contributed by atoms with E-state index in [1.54, 1.807) is 0 Å². The third kappa shape index (κ3) is 27.7. The molecular formula is C43H85NO4. The van der Waals surface area contributed by atoms with Crippen LogP contribution < -0.4 is 0 Å². The summed E-state index contributed by atoms with van der Waals surface area (Å²) in [5.41, 5.74) is 0. The fraction of sp³-hybridized carbons (Fsp3) is 0.953. The molecule has 1 rings (SSSR count). The summed E-state index contributed by atoms with van der Waals surface area (Å²) >= 11 is 0. The van der Waals surface area contributed by atoms with Gasteiger partial charge in [-0.3, -0.25) is 9.59 Å². The number of hydrogen-bond acceptors (Lipinski definition) is 5. The highest BCUT2D eigenvalue weighted by Gasteiger charge is 2.25. The zero-order valence-corrected chi connectivity index (χ0v) is 32.1. The molecule has 0 spiro atoms. The molecule has 1 atom stereocenters. The van der Waals surface area contributed by atoms with E-state index in [9.17, 15) is 9.59 Å². The lowest BCUT2D eigenvalue weighted by Crippen LogP contribution is -2.34. The third-order valence-corrected chi connectivity index (χ3v) is 10.7. The Balaban J connectivity index is 0.0000221. The molecule has 286 valence electrons. The van der Waals surface area contributed by atoms with Crippen LogP contribution in [0, 0.1) is 17.8 Å². The second kappa shape index (κ2) is 34.4. The predicted molar refractivity (Wildman–Crippen MR) is 208 cm³/mol. The summed E-state index contributed by atoms with van der Waals surface area (Å²) in [5.74, 6) is 1.46. The van der Waals surface area contributed by atoms with E-state index in [-0.39, 0.29) is 25.3 Å². The van der Waals surface area contributed by atoms with Gasteiger partial charge < -0.3 is 14.4 Å². The SMILES string of the molecule is C.CCCCCCCCCCC(CCCCCCCCC(=O)OCCCC(CCCCC)CCCCC)COC(=O)C1CCN(C)CC1. The van der Waals surface area contributed by atoms with E-state index in [2.05, 4.69) is 32.7 Å². The van der Waals surface area contributed by atoms with Gasteiger partial charge in [-0.1, -0.05) is 163 Å². The van der Waals surface area contributed by atoms with E-state index in [1.807, 2.05) is 0 Å². The number of likely N-dealkylation sites (tertiary alicyclic amines) is 1. The Kier molecular flexibility index (Phi) is 33.6. The lowest BCUT2D eigenvalue weighted by Gasteiger charge is -2.28. The van der Waals surface area contributed by atoms with Crippen LogP contribution >= 0.6 is 0 Å². The standard InChI is InChI=1S/C42H81NO4.CH4/c1-5-8-11-12-13-14-17-22-28-39(37-47-42(45)40-32-34-43(4)35-33-40)29-23-18-15-16-19-24-31-41(44)46-36-25-30-38(26-20-9-6-2)27-21-10-7-3;/h38-40H,5-37H2,1-4H3;1H4. The van der Waals surface area contributed by atoms with Gasteiger partial charge in [0.15, 0.2) is 0 Å². The number of unbranched alkanes of at least 4 members (excludes halogenated alkanes) is 16. The van der Waals surface area contributed by atoms with Crippen molar-refractivity contribution >= 4 is 11.9 Å². The van der Waals surface area contributed by atoms with E-state index >= 15 is 0 Å². The first kappa shape index (κ1) is 46.9. The van der Waals surface area contributed by atoms with Gasteiger partial charge in [-0.05, 0) is 76.9 Å². The van der Waals surface area contributed by atoms with Crippen molar-refractivity contribution in [3.05, 3.63) is 0 Å². The van der Waals surface area contributed by atoms with Gasteiger partial charge in [-0.25, -0.2) is 0 Å². The van der Waals surface area contributed by atoms with Crippen molar-refractivity contribution < 1.29 is 19.1 Å². The summed E-state index contributed by atoms with van der Waals surface area (Å²) in [6.45, 7) is 10.1. The Morgan fingerprint density at radius 3 is 1.52 bits per heavy atom. The van der Waals surface area contributed by atoms with Crippen molar-refractivity contribution in [1.29, 1.82) is 0 Å². The highest BCUT2D eigenvalue weighted by molar-refractivity contribution is 5.72. The predicted octanol–water partition coefficient (Wildman–Crippen LogP) is 12.9. The Morgan fingerprint density at radius 2 is 0.979 bits per heavy atom. The Hall–Kier alpha value is -1.10. The number of hydrogen-bond donors (Lipinski definition) is 0. The van der Waals surface area contributed by atoms with Crippen molar-refractivity contribution in [2.24, 2.45) is 17.8 Å². The number of ether oxygens (including phenoxy) is 2. The minimum Gasteiger partial charge on any atom is -0.466 e. The number of esters is 2. The lowest BCUT2D eigenvalue weighted by molar-refractivity contribution is -0.151. The van der Waals surface area contributed by atoms with Crippen LogP contribution in [0.1, 0.15) is 214 Å². The molecule has 5 heteroatoms. The first-order chi connectivity index (χ1) is 23.0. The van der Waals surface area contributed by atoms with Gasteiger partial charge in [0.05, 0.1) is 19.1 Å². The first-order valence-electron chi connectivity index (χ1n) is 21.0. The van der Waals surface area contributed by atoms with Crippen molar-refractivity contribution in [1.82, 2.24) is 4.90 Å². The normalized spacial score (nSPS) is 14.6. The van der Waals surface area contributed by atoms with Gasteiger partial charge in [-0.2, -0.15) is 0 Å². The number of piperidine rings is 1. The molecule has 0 N–H and O–H groups in total. The van der Waals surface area contributed by atoms with Crippen LogP contribution in [-0.2, 0) is 19.1 Å². The summed E-state index contributed by atoms with van der Waals surface area (Å²) in [6, 6.07) is 0. The molecule has 0 aromatic carbocycles. The van der Waals surface area contributed by atoms with E-state index in [4.69, 9.17) is 9.47 Å². The fourth-order valence-corrected chi connectivity index (χ4v) is 7.28. The average Bonchev–Trinajstić information content (AvgIpc) is 3.07. The average molecular weight is 680 g/mol. The number of carbonyl (C=O) groups excluding carboxylic acids is 2. The molecule has 0 radical (unpaired) electrons. The van der Waals surface area contributed by atoms with E-state index < -0.39 is 0 Å². The molecule has 1 aliphatic heterocycles. The third-order valence-electron chi connectivity index (χ3n) is 10.7. The second-order valence-corrected chi connectivity index (χ2v) is 15.2. The van der Waals surface area contributed by atoms with Crippen molar-refractivity contribution in [3.63, 3.8) is 0 Å². The van der Waals surface area contributed by atoms with Crippen LogP contribution in [0.25, 0.3) is 0 Å². The maximum Gasteiger partial charge on any atom is 0.309 e. The highest BCUT2D eigenvalue weighted by Crippen LogP contribution is 2.24. The van der Waals surface area contributed by atoms with E-state index in [0.717, 1.165) is 51.1 Å². The van der Waals surface area contributed by atoms with Gasteiger partial charge in [0.25, 0.3) is 0 Å². The summed E-state index contributed by atoms with van der Waals surface area (Å²) < 4.78 is 11.5. The fourth-order valence-electron chi connectivity index (χ4n) is 7.28. The van der Waals surface area contributed by atoms with Gasteiger partial charge in [-0.15, -0.1) is 0 Å². The van der Waals surface area contributed by atoms with Crippen LogP contribution in [0.3, 0.4) is 0 Å². The van der Waals surface area contributed by atoms with Gasteiger partial charge in [0.2, 0.25) is 0 Å². The van der Waals surface area contributed by atoms with Crippen molar-refractivity contribution in [2.45, 2.75) is 214 Å². The van der Waals surface area contributed by atoms with Gasteiger partial charge in [0, 0.05) is 6.42 Å². The topological polar surface area (TPSA) is 55.8 Å². The molecule has 48 heavy (non-hydrogen) atoms. The zero-order valence-electron chi connectivity index (χ0n) is 32.1. The molecule has 0 saturated carbocycles. The van der Waals surface area contributed by atoms with Gasteiger partial charge in [0.1, 0.15) is 0 Å². The van der Waals surface area contributed by atoms with Crippen LogP contribution in [0.4, 0.5) is 0 Å². The molecular weight excluding hydrogens is 594 g/mol. The molecule has 1 heterocycles. The zero-order chi connectivity index (χ0) is 34.2. The van der Waals surface area contributed by atoms with Crippen LogP contribution in [-0.4, -0.2) is 50.2 Å². The minimum absolute atomic E-state index is 0. The smallest absolute Gasteiger partial charge is 0.309 e. The lowest BCUT2D eigenvalue weighted by atomic mass is 9.91. The second-order valence-electron chi connectivity index (χ2n) is 15.2. The largest absolute Gasteiger partial charge is 0.466 e. The molecule has 0 amide bonds. The monoisotopic (exact) mass is 680 g/mol. The number of nitrogens with zero attached hydrogens (tertiary/aromatic N) is 1. The molecule has 1 aliphatic rings. The molecule has 1 saturated heterocycles. The molecule has 1 fully saturated rings. The molecule has 1 unspecified atom stereocenters. The molecule has 0 aliphatic carbocycles. The first-order valence-corrected chi connectivity index (χ1v) is 21.0. The number of rotatable bonds is 33. The van der Waals surface area contributed by atoms with E-state index in [1.165, 1.54) is 148 Å². The van der Waals surface area contributed by atoms with Crippen molar-refractivity contribution in [3.8, 4) is 0 Å². The molecule has 5 nitrogen and oxygen atoms in total. The quantitative estimate of drug-likeness (QED) is 0.0510. The summed E-state index contributed by atoms with van der Waals surface area (Å²) in [4.78, 5) is 27.3. The summed E-state index contributed by atoms with van der Waals surface area (Å²) in [6.07, 6.45) is 35.4. The highest BCUT2D eigenvalue weighted by atomic mass is 16.5. The Bertz CT molecular complexity index is 695. The summed E-state index contributed by atoms with van der Waals surface area (Å²) in [7, 11) is 2.14. The Morgan fingerprint density at radius 1 is 0.562 bits per heavy atom. The molecule has 0 aromatic rings. The maximum absolute atomic E-state index is 12.8. The van der Waals surface area contributed by atoms with Gasteiger partial charge >= 0.3 is 11.9 Å². The Labute approximate surface area is 300 Å². The minimum atomic E-state index is -0.00267. The molecule has 0 aromatic heterocycles. The maximum atomic E-state index is 12.8. The van der Waals surface area contributed by atoms with Crippen LogP contribution in [0.15, 0.2) is 0 Å².